The lowest BCUT2D eigenvalue weighted by atomic mass is 10.2. The van der Waals surface area contributed by atoms with Gasteiger partial charge in [0.15, 0.2) is 0 Å². The van der Waals surface area contributed by atoms with E-state index in [4.69, 9.17) is 4.74 Å². The second-order valence-corrected chi connectivity index (χ2v) is 5.04. The number of rotatable bonds is 6. The number of methoxy groups -OCH3 is 1. The molecule has 0 atom stereocenters. The van der Waals surface area contributed by atoms with Gasteiger partial charge in [-0.1, -0.05) is 0 Å². The minimum absolute atomic E-state index is 0.799. The van der Waals surface area contributed by atoms with Crippen LogP contribution in [-0.2, 0) is 20.0 Å². The molecule has 5 heteroatoms. The molecule has 0 aliphatic carbocycles. The third-order valence-corrected chi connectivity index (χ3v) is 3.69. The third-order valence-electron chi connectivity index (χ3n) is 2.95. The largest absolute Gasteiger partial charge is 0.481 e. The summed E-state index contributed by atoms with van der Waals surface area (Å²) in [5.74, 6) is 0.843. The van der Waals surface area contributed by atoms with Crippen molar-refractivity contribution in [2.24, 2.45) is 7.05 Å². The predicted molar refractivity (Wildman–Crippen MR) is 74.2 cm³/mol. The Morgan fingerprint density at radius 1 is 1.50 bits per heavy atom. The molecule has 0 bridgehead atoms. The van der Waals surface area contributed by atoms with Gasteiger partial charge in [0.1, 0.15) is 0 Å². The smallest absolute Gasteiger partial charge is 0.216 e. The number of thiophene rings is 1. The van der Waals surface area contributed by atoms with Crippen molar-refractivity contribution in [3.8, 4) is 5.88 Å². The molecule has 2 aromatic rings. The number of nitrogens with one attached hydrogen (secondary N) is 1. The van der Waals surface area contributed by atoms with Crippen LogP contribution in [0.1, 0.15) is 16.8 Å². The lowest BCUT2D eigenvalue weighted by Gasteiger charge is -2.06. The van der Waals surface area contributed by atoms with Crippen molar-refractivity contribution >= 4 is 11.3 Å². The van der Waals surface area contributed by atoms with Gasteiger partial charge >= 0.3 is 0 Å². The Balaban J connectivity index is 1.86. The fourth-order valence-electron chi connectivity index (χ4n) is 2.02. The number of ether oxygens (including phenoxy) is 1. The van der Waals surface area contributed by atoms with Crippen LogP contribution >= 0.6 is 11.3 Å². The number of aryl methyl sites for hydroxylation is 2. The summed E-state index contributed by atoms with van der Waals surface area (Å²) in [5, 5.41) is 12.1. The Labute approximate surface area is 112 Å². The Bertz CT molecular complexity index is 491. The number of nitrogens with zero attached hydrogens (tertiary/aromatic N) is 2. The maximum Gasteiger partial charge on any atom is 0.216 e. The van der Waals surface area contributed by atoms with Crippen LogP contribution in [0, 0.1) is 6.92 Å². The fraction of sp³-hybridized carbons (Fsp3) is 0.462. The molecule has 0 amide bonds. The summed E-state index contributed by atoms with van der Waals surface area (Å²) in [4.78, 5) is 0. The highest BCUT2D eigenvalue weighted by Crippen LogP contribution is 2.20. The van der Waals surface area contributed by atoms with Gasteiger partial charge in [0, 0.05) is 13.6 Å². The van der Waals surface area contributed by atoms with E-state index in [1.807, 2.05) is 14.0 Å². The number of aromatic nitrogens is 2. The van der Waals surface area contributed by atoms with Crippen molar-refractivity contribution in [1.82, 2.24) is 15.1 Å². The minimum atomic E-state index is 0.799. The van der Waals surface area contributed by atoms with Gasteiger partial charge in [-0.25, -0.2) is 4.68 Å². The van der Waals surface area contributed by atoms with Crippen molar-refractivity contribution in [3.63, 3.8) is 0 Å². The van der Waals surface area contributed by atoms with Crippen LogP contribution < -0.4 is 10.1 Å². The molecule has 0 unspecified atom stereocenters. The lowest BCUT2D eigenvalue weighted by Crippen LogP contribution is -2.17. The maximum absolute atomic E-state index is 5.36. The van der Waals surface area contributed by atoms with Gasteiger partial charge in [-0.15, -0.1) is 0 Å². The monoisotopic (exact) mass is 265 g/mol. The molecule has 0 saturated carbocycles. The summed E-state index contributed by atoms with van der Waals surface area (Å²) in [6.07, 6.45) is 1.06. The molecule has 2 rings (SSSR count). The molecule has 0 spiro atoms. The summed E-state index contributed by atoms with van der Waals surface area (Å²) in [6, 6.07) is 2.17. The van der Waals surface area contributed by atoms with E-state index >= 15 is 0 Å². The van der Waals surface area contributed by atoms with Gasteiger partial charge in [-0.2, -0.15) is 16.4 Å². The molecule has 0 saturated heterocycles. The zero-order valence-corrected chi connectivity index (χ0v) is 11.9. The molecule has 2 aromatic heterocycles. The molecule has 4 nitrogen and oxygen atoms in total. The first kappa shape index (κ1) is 13.1. The standard InChI is InChI=1S/C13H19N3OS/c1-10-12(13(17-3)16(2)15-10)8-14-6-4-11-5-7-18-9-11/h5,7,9,14H,4,6,8H2,1-3H3. The molecule has 0 aliphatic heterocycles. The molecule has 18 heavy (non-hydrogen) atoms. The van der Waals surface area contributed by atoms with Crippen molar-refractivity contribution in [1.29, 1.82) is 0 Å². The Morgan fingerprint density at radius 3 is 3.00 bits per heavy atom. The maximum atomic E-state index is 5.36. The first-order valence-corrected chi connectivity index (χ1v) is 6.95. The average molecular weight is 265 g/mol. The molecule has 0 aromatic carbocycles. The van der Waals surface area contributed by atoms with Crippen LogP contribution in [0.3, 0.4) is 0 Å². The van der Waals surface area contributed by atoms with E-state index in [0.29, 0.717) is 0 Å². The number of hydrogen-bond donors (Lipinski definition) is 1. The highest BCUT2D eigenvalue weighted by Gasteiger charge is 2.12. The first-order chi connectivity index (χ1) is 8.72. The van der Waals surface area contributed by atoms with Gasteiger partial charge in [0.05, 0.1) is 18.4 Å². The van der Waals surface area contributed by atoms with Crippen molar-refractivity contribution in [2.45, 2.75) is 19.9 Å². The van der Waals surface area contributed by atoms with Gasteiger partial charge in [0.2, 0.25) is 5.88 Å². The van der Waals surface area contributed by atoms with E-state index in [2.05, 4.69) is 27.2 Å². The van der Waals surface area contributed by atoms with Gasteiger partial charge in [-0.3, -0.25) is 0 Å². The topological polar surface area (TPSA) is 39.1 Å². The molecular formula is C13H19N3OS. The Hall–Kier alpha value is -1.33. The zero-order valence-electron chi connectivity index (χ0n) is 11.1. The van der Waals surface area contributed by atoms with E-state index in [9.17, 15) is 0 Å². The van der Waals surface area contributed by atoms with E-state index in [1.54, 1.807) is 23.1 Å². The predicted octanol–water partition coefficient (Wildman–Crippen LogP) is 2.13. The van der Waals surface area contributed by atoms with Crippen LogP contribution in [-0.4, -0.2) is 23.4 Å². The van der Waals surface area contributed by atoms with E-state index in [1.165, 1.54) is 5.56 Å². The quantitative estimate of drug-likeness (QED) is 0.813. The molecule has 0 fully saturated rings. The summed E-state index contributed by atoms with van der Waals surface area (Å²) >= 11 is 1.74. The molecular weight excluding hydrogens is 246 g/mol. The molecule has 0 radical (unpaired) electrons. The average Bonchev–Trinajstić information content (AvgIpc) is 2.93. The molecule has 2 heterocycles. The third kappa shape index (κ3) is 2.91. The fourth-order valence-corrected chi connectivity index (χ4v) is 2.72. The number of hydrogen-bond acceptors (Lipinski definition) is 4. The van der Waals surface area contributed by atoms with Crippen molar-refractivity contribution < 1.29 is 4.74 Å². The van der Waals surface area contributed by atoms with E-state index in [0.717, 1.165) is 36.6 Å². The SMILES string of the molecule is COc1c(CNCCc2ccsc2)c(C)nn1C. The van der Waals surface area contributed by atoms with Crippen LogP contribution in [0.15, 0.2) is 16.8 Å². The second kappa shape index (κ2) is 6.02. The summed E-state index contributed by atoms with van der Waals surface area (Å²) in [7, 11) is 3.59. The second-order valence-electron chi connectivity index (χ2n) is 4.26. The summed E-state index contributed by atoms with van der Waals surface area (Å²) in [6.45, 7) is 3.78. The van der Waals surface area contributed by atoms with Gasteiger partial charge < -0.3 is 10.1 Å². The molecule has 0 aliphatic rings. The van der Waals surface area contributed by atoms with Crippen LogP contribution in [0.25, 0.3) is 0 Å². The summed E-state index contributed by atoms with van der Waals surface area (Å²) in [5.41, 5.74) is 3.56. The highest BCUT2D eigenvalue weighted by atomic mass is 32.1. The van der Waals surface area contributed by atoms with Crippen molar-refractivity contribution in [3.05, 3.63) is 33.6 Å². The van der Waals surface area contributed by atoms with Crippen LogP contribution in [0.4, 0.5) is 0 Å². The Morgan fingerprint density at radius 2 is 2.33 bits per heavy atom. The molecule has 1 N–H and O–H groups in total. The normalized spacial score (nSPS) is 10.8. The van der Waals surface area contributed by atoms with Crippen molar-refractivity contribution in [2.75, 3.05) is 13.7 Å². The van der Waals surface area contributed by atoms with Gasteiger partial charge in [0.25, 0.3) is 0 Å². The zero-order chi connectivity index (χ0) is 13.0. The Kier molecular flexibility index (Phi) is 4.38. The summed E-state index contributed by atoms with van der Waals surface area (Å²) < 4.78 is 7.14. The van der Waals surface area contributed by atoms with Crippen LogP contribution in [0.2, 0.25) is 0 Å². The minimum Gasteiger partial charge on any atom is -0.481 e. The molecule has 98 valence electrons. The van der Waals surface area contributed by atoms with Gasteiger partial charge in [-0.05, 0) is 42.3 Å². The van der Waals surface area contributed by atoms with E-state index in [-0.39, 0.29) is 0 Å². The van der Waals surface area contributed by atoms with E-state index < -0.39 is 0 Å². The highest BCUT2D eigenvalue weighted by molar-refractivity contribution is 7.07. The first-order valence-electron chi connectivity index (χ1n) is 6.00. The lowest BCUT2D eigenvalue weighted by molar-refractivity contribution is 0.368. The van der Waals surface area contributed by atoms with Crippen LogP contribution in [0.5, 0.6) is 5.88 Å².